The van der Waals surface area contributed by atoms with Gasteiger partial charge < -0.3 is 15.0 Å². The number of guanidine groups is 1. The van der Waals surface area contributed by atoms with E-state index in [1.54, 1.807) is 0 Å². The van der Waals surface area contributed by atoms with Crippen LogP contribution in [0.4, 0.5) is 0 Å². The Kier molecular flexibility index (Phi) is 6.32. The summed E-state index contributed by atoms with van der Waals surface area (Å²) in [5.74, 6) is 1.50. The van der Waals surface area contributed by atoms with Crippen LogP contribution in [-0.2, 0) is 4.74 Å². The van der Waals surface area contributed by atoms with Crippen molar-refractivity contribution in [2.45, 2.75) is 32.2 Å². The number of aryl methyl sites for hydroxylation is 1. The Balaban J connectivity index is 1.50. The molecule has 0 aromatic heterocycles. The lowest BCUT2D eigenvalue weighted by atomic mass is 10.0. The van der Waals surface area contributed by atoms with Gasteiger partial charge in [0.25, 0.3) is 0 Å². The van der Waals surface area contributed by atoms with Gasteiger partial charge in [-0.2, -0.15) is 0 Å². The van der Waals surface area contributed by atoms with Crippen molar-refractivity contribution in [2.24, 2.45) is 4.99 Å². The van der Waals surface area contributed by atoms with Crippen molar-refractivity contribution < 1.29 is 4.74 Å². The fraction of sp³-hybridized carbons (Fsp3) is 0.650. The normalized spacial score (nSPS) is 23.7. The van der Waals surface area contributed by atoms with E-state index in [9.17, 15) is 0 Å². The molecule has 1 aromatic carbocycles. The molecule has 1 N–H and O–H groups in total. The molecule has 138 valence electrons. The molecule has 2 aliphatic rings. The van der Waals surface area contributed by atoms with E-state index >= 15 is 0 Å². The molecule has 0 bridgehead atoms. The molecule has 0 radical (unpaired) electrons. The van der Waals surface area contributed by atoms with Gasteiger partial charge in [0.2, 0.25) is 0 Å². The number of nitrogens with one attached hydrogen (secondary N) is 1. The van der Waals surface area contributed by atoms with Crippen LogP contribution in [-0.4, -0.2) is 74.8 Å². The van der Waals surface area contributed by atoms with Crippen LogP contribution in [0.5, 0.6) is 0 Å². The van der Waals surface area contributed by atoms with E-state index in [0.29, 0.717) is 12.0 Å². The molecule has 2 heterocycles. The average Bonchev–Trinajstić information content (AvgIpc) is 3.13. The van der Waals surface area contributed by atoms with Crippen molar-refractivity contribution in [3.8, 4) is 0 Å². The van der Waals surface area contributed by atoms with Gasteiger partial charge in [-0.25, -0.2) is 0 Å². The molecule has 2 atom stereocenters. The number of nitrogens with zero attached hydrogens (tertiary/aromatic N) is 3. The van der Waals surface area contributed by atoms with Gasteiger partial charge in [0, 0.05) is 45.8 Å². The Morgan fingerprint density at radius 3 is 2.64 bits per heavy atom. The van der Waals surface area contributed by atoms with Crippen molar-refractivity contribution in [3.05, 3.63) is 35.4 Å². The van der Waals surface area contributed by atoms with E-state index < -0.39 is 0 Å². The third-order valence-corrected chi connectivity index (χ3v) is 5.45. The summed E-state index contributed by atoms with van der Waals surface area (Å²) in [5, 5.41) is 3.58. The SMILES string of the molecule is CN=C(NCC(C)c1ccc(C)cc1)N1CCC(N2CCOCC2)C1. The molecule has 2 unspecified atom stereocenters. The van der Waals surface area contributed by atoms with E-state index in [-0.39, 0.29) is 0 Å². The van der Waals surface area contributed by atoms with Gasteiger partial charge in [-0.3, -0.25) is 9.89 Å². The number of morpholine rings is 1. The van der Waals surface area contributed by atoms with Gasteiger partial charge in [0.1, 0.15) is 0 Å². The van der Waals surface area contributed by atoms with Gasteiger partial charge in [0.05, 0.1) is 13.2 Å². The lowest BCUT2D eigenvalue weighted by Crippen LogP contribution is -2.47. The molecule has 0 amide bonds. The van der Waals surface area contributed by atoms with Crippen molar-refractivity contribution >= 4 is 5.96 Å². The minimum absolute atomic E-state index is 0.468. The number of likely N-dealkylation sites (tertiary alicyclic amines) is 1. The van der Waals surface area contributed by atoms with Crippen molar-refractivity contribution in [3.63, 3.8) is 0 Å². The summed E-state index contributed by atoms with van der Waals surface area (Å²) in [7, 11) is 1.89. The Labute approximate surface area is 152 Å². The second kappa shape index (κ2) is 8.68. The van der Waals surface area contributed by atoms with Gasteiger partial charge in [-0.05, 0) is 24.8 Å². The summed E-state index contributed by atoms with van der Waals surface area (Å²) < 4.78 is 5.48. The summed E-state index contributed by atoms with van der Waals surface area (Å²) in [6, 6.07) is 9.47. The fourth-order valence-corrected chi connectivity index (χ4v) is 3.76. The molecule has 0 saturated carbocycles. The number of aliphatic imine (C=N–C) groups is 1. The minimum Gasteiger partial charge on any atom is -0.379 e. The molecule has 2 saturated heterocycles. The molecule has 0 spiro atoms. The van der Waals surface area contributed by atoms with Crippen LogP contribution in [0.25, 0.3) is 0 Å². The van der Waals surface area contributed by atoms with Gasteiger partial charge >= 0.3 is 0 Å². The molecular formula is C20H32N4O. The Hall–Kier alpha value is -1.59. The Bertz CT molecular complexity index is 566. The highest BCUT2D eigenvalue weighted by Crippen LogP contribution is 2.18. The van der Waals surface area contributed by atoms with Crippen LogP contribution in [0, 0.1) is 6.92 Å². The molecule has 25 heavy (non-hydrogen) atoms. The molecule has 2 fully saturated rings. The van der Waals surface area contributed by atoms with Crippen LogP contribution < -0.4 is 5.32 Å². The van der Waals surface area contributed by atoms with Crippen LogP contribution >= 0.6 is 0 Å². The maximum Gasteiger partial charge on any atom is 0.193 e. The average molecular weight is 345 g/mol. The van der Waals surface area contributed by atoms with Crippen LogP contribution in [0.1, 0.15) is 30.4 Å². The summed E-state index contributed by atoms with van der Waals surface area (Å²) >= 11 is 0. The highest BCUT2D eigenvalue weighted by molar-refractivity contribution is 5.80. The van der Waals surface area contributed by atoms with Crippen LogP contribution in [0.15, 0.2) is 29.3 Å². The number of benzene rings is 1. The molecule has 3 rings (SSSR count). The van der Waals surface area contributed by atoms with E-state index in [2.05, 4.69) is 58.2 Å². The van der Waals surface area contributed by atoms with Crippen molar-refractivity contribution in [1.29, 1.82) is 0 Å². The van der Waals surface area contributed by atoms with Crippen LogP contribution in [0.2, 0.25) is 0 Å². The lowest BCUT2D eigenvalue weighted by Gasteiger charge is -2.32. The first-order valence-corrected chi connectivity index (χ1v) is 9.51. The first kappa shape index (κ1) is 18.2. The Morgan fingerprint density at radius 2 is 1.96 bits per heavy atom. The van der Waals surface area contributed by atoms with Crippen LogP contribution in [0.3, 0.4) is 0 Å². The van der Waals surface area contributed by atoms with Gasteiger partial charge in [0.15, 0.2) is 5.96 Å². The first-order valence-electron chi connectivity index (χ1n) is 9.51. The molecular weight excluding hydrogens is 312 g/mol. The molecule has 0 aliphatic carbocycles. The number of hydrogen-bond donors (Lipinski definition) is 1. The zero-order chi connectivity index (χ0) is 17.6. The zero-order valence-corrected chi connectivity index (χ0v) is 15.9. The fourth-order valence-electron chi connectivity index (χ4n) is 3.76. The maximum absolute atomic E-state index is 5.48. The Morgan fingerprint density at radius 1 is 1.24 bits per heavy atom. The number of hydrogen-bond acceptors (Lipinski definition) is 3. The summed E-state index contributed by atoms with van der Waals surface area (Å²) in [5.41, 5.74) is 2.69. The van der Waals surface area contributed by atoms with Crippen molar-refractivity contribution in [1.82, 2.24) is 15.1 Å². The van der Waals surface area contributed by atoms with Crippen molar-refractivity contribution in [2.75, 3.05) is 53.0 Å². The maximum atomic E-state index is 5.48. The quantitative estimate of drug-likeness (QED) is 0.671. The molecule has 1 aromatic rings. The van der Waals surface area contributed by atoms with Gasteiger partial charge in [-0.1, -0.05) is 36.8 Å². The third-order valence-electron chi connectivity index (χ3n) is 5.45. The van der Waals surface area contributed by atoms with E-state index in [1.807, 2.05) is 7.05 Å². The lowest BCUT2D eigenvalue weighted by molar-refractivity contribution is 0.0195. The molecule has 2 aliphatic heterocycles. The second-order valence-electron chi connectivity index (χ2n) is 7.28. The largest absolute Gasteiger partial charge is 0.379 e. The topological polar surface area (TPSA) is 40.1 Å². The second-order valence-corrected chi connectivity index (χ2v) is 7.28. The first-order chi connectivity index (χ1) is 12.2. The van der Waals surface area contributed by atoms with E-state index in [0.717, 1.165) is 51.9 Å². The molecule has 5 nitrogen and oxygen atoms in total. The highest BCUT2D eigenvalue weighted by Gasteiger charge is 2.30. The summed E-state index contributed by atoms with van der Waals surface area (Å²) in [4.78, 5) is 9.50. The van der Waals surface area contributed by atoms with Gasteiger partial charge in [-0.15, -0.1) is 0 Å². The zero-order valence-electron chi connectivity index (χ0n) is 15.9. The third kappa shape index (κ3) is 4.73. The predicted molar refractivity (Wildman–Crippen MR) is 103 cm³/mol. The smallest absolute Gasteiger partial charge is 0.193 e. The number of rotatable bonds is 4. The van der Waals surface area contributed by atoms with E-state index in [1.165, 1.54) is 17.5 Å². The minimum atomic E-state index is 0.468. The number of ether oxygens (including phenoxy) is 1. The predicted octanol–water partition coefficient (Wildman–Crippen LogP) is 2.08. The monoisotopic (exact) mass is 344 g/mol. The highest BCUT2D eigenvalue weighted by atomic mass is 16.5. The summed E-state index contributed by atoms with van der Waals surface area (Å²) in [6.45, 7) is 11.3. The standard InChI is InChI=1S/C20H32N4O/c1-16-4-6-18(7-5-16)17(2)14-22-20(21-3)24-9-8-19(15-24)23-10-12-25-13-11-23/h4-7,17,19H,8-15H2,1-3H3,(H,21,22). The molecule has 5 heteroatoms. The van der Waals surface area contributed by atoms with E-state index in [4.69, 9.17) is 4.74 Å². The summed E-state index contributed by atoms with van der Waals surface area (Å²) in [6.07, 6.45) is 1.22.